The second-order valence-electron chi connectivity index (χ2n) is 4.69. The van der Waals surface area contributed by atoms with Crippen molar-refractivity contribution in [2.75, 3.05) is 11.9 Å². The fraction of sp³-hybridized carbons (Fsp3) is 0.308. The summed E-state index contributed by atoms with van der Waals surface area (Å²) in [6.07, 6.45) is 1.76. The number of nitrogens with zero attached hydrogens (tertiary/aromatic N) is 2. The van der Waals surface area contributed by atoms with E-state index in [4.69, 9.17) is 9.52 Å². The van der Waals surface area contributed by atoms with E-state index in [1.54, 1.807) is 25.2 Å². The van der Waals surface area contributed by atoms with Crippen molar-refractivity contribution in [1.82, 2.24) is 4.98 Å². The molecule has 0 bridgehead atoms. The Balaban J connectivity index is 1.81. The summed E-state index contributed by atoms with van der Waals surface area (Å²) in [7, 11) is 1.64. The van der Waals surface area contributed by atoms with Crippen LogP contribution in [0, 0.1) is 11.8 Å². The second kappa shape index (κ2) is 4.08. The summed E-state index contributed by atoms with van der Waals surface area (Å²) in [6, 6.07) is 5.25. The van der Waals surface area contributed by atoms with Crippen LogP contribution in [0.15, 0.2) is 29.0 Å². The Bertz CT molecular complexity index is 663. The Kier molecular flexibility index (Phi) is 2.51. The highest BCUT2D eigenvalue weighted by Gasteiger charge is 2.49. The summed E-state index contributed by atoms with van der Waals surface area (Å²) in [5, 5.41) is 8.84. The average Bonchev–Trinajstić information content (AvgIpc) is 3.07. The Hall–Kier alpha value is -2.37. The van der Waals surface area contributed by atoms with Crippen molar-refractivity contribution < 1.29 is 19.1 Å². The smallest absolute Gasteiger partial charge is 0.307 e. The number of fused-ring (bicyclic) bond motifs is 1. The van der Waals surface area contributed by atoms with Gasteiger partial charge in [-0.2, -0.15) is 0 Å². The number of carboxylic acids is 1. The molecule has 1 fully saturated rings. The Labute approximate surface area is 108 Å². The third-order valence-corrected chi connectivity index (χ3v) is 3.46. The minimum atomic E-state index is -0.905. The fourth-order valence-electron chi connectivity index (χ4n) is 2.17. The van der Waals surface area contributed by atoms with Gasteiger partial charge >= 0.3 is 5.97 Å². The maximum atomic E-state index is 12.1. The number of aliphatic carboxylic acids is 1. The summed E-state index contributed by atoms with van der Waals surface area (Å²) in [5.41, 5.74) is 1.99. The van der Waals surface area contributed by atoms with Crippen LogP contribution in [0.3, 0.4) is 0 Å². The number of hydrogen-bond donors (Lipinski definition) is 1. The molecule has 0 radical (unpaired) electrons. The van der Waals surface area contributed by atoms with Crippen LogP contribution in [-0.2, 0) is 9.59 Å². The van der Waals surface area contributed by atoms with Gasteiger partial charge in [0.2, 0.25) is 5.91 Å². The van der Waals surface area contributed by atoms with E-state index >= 15 is 0 Å². The largest absolute Gasteiger partial charge is 0.481 e. The number of aromatic nitrogens is 1. The van der Waals surface area contributed by atoms with Crippen LogP contribution in [0.2, 0.25) is 0 Å². The lowest BCUT2D eigenvalue weighted by Crippen LogP contribution is -2.28. The maximum absolute atomic E-state index is 12.1. The van der Waals surface area contributed by atoms with Gasteiger partial charge in [-0.25, -0.2) is 4.98 Å². The zero-order valence-electron chi connectivity index (χ0n) is 10.2. The molecule has 0 spiro atoms. The molecule has 2 atom stereocenters. The molecular weight excluding hydrogens is 248 g/mol. The molecule has 2 aromatic rings. The molecule has 1 heterocycles. The van der Waals surface area contributed by atoms with Crippen LogP contribution in [0.4, 0.5) is 5.69 Å². The van der Waals surface area contributed by atoms with Crippen LogP contribution in [0.25, 0.3) is 11.1 Å². The maximum Gasteiger partial charge on any atom is 0.307 e. The molecule has 19 heavy (non-hydrogen) atoms. The molecule has 6 heteroatoms. The third kappa shape index (κ3) is 1.95. The summed E-state index contributed by atoms with van der Waals surface area (Å²) in [6.45, 7) is 0. The highest BCUT2D eigenvalue weighted by Crippen LogP contribution is 2.40. The quantitative estimate of drug-likeness (QED) is 0.904. The van der Waals surface area contributed by atoms with E-state index in [0.29, 0.717) is 17.7 Å². The van der Waals surface area contributed by atoms with Crippen molar-refractivity contribution in [3.8, 4) is 0 Å². The van der Waals surface area contributed by atoms with Crippen LogP contribution in [0.5, 0.6) is 0 Å². The van der Waals surface area contributed by atoms with Gasteiger partial charge in [-0.1, -0.05) is 0 Å². The first-order valence-electron chi connectivity index (χ1n) is 5.91. The lowest BCUT2D eigenvalue weighted by Gasteiger charge is -2.16. The first-order valence-corrected chi connectivity index (χ1v) is 5.91. The van der Waals surface area contributed by atoms with Crippen LogP contribution < -0.4 is 4.90 Å². The second-order valence-corrected chi connectivity index (χ2v) is 4.69. The molecule has 1 amide bonds. The van der Waals surface area contributed by atoms with Gasteiger partial charge in [0.15, 0.2) is 12.0 Å². The predicted octanol–water partition coefficient (Wildman–Crippen LogP) is 1.51. The summed E-state index contributed by atoms with van der Waals surface area (Å²) < 4.78 is 5.18. The summed E-state index contributed by atoms with van der Waals surface area (Å²) >= 11 is 0. The summed E-state index contributed by atoms with van der Waals surface area (Å²) in [5.74, 6) is -2.03. The van der Waals surface area contributed by atoms with Crippen molar-refractivity contribution in [1.29, 1.82) is 0 Å². The molecule has 1 saturated carbocycles. The molecule has 0 aliphatic heterocycles. The van der Waals surface area contributed by atoms with E-state index in [0.717, 1.165) is 5.52 Å². The van der Waals surface area contributed by atoms with Gasteiger partial charge in [0.05, 0.1) is 11.8 Å². The minimum absolute atomic E-state index is 0.175. The van der Waals surface area contributed by atoms with Gasteiger partial charge in [0, 0.05) is 18.8 Å². The number of oxazole rings is 1. The zero-order chi connectivity index (χ0) is 13.6. The molecule has 1 aromatic heterocycles. The standard InChI is InChI=1S/C13H12N2O4/c1-15(12(16)8-5-9(8)13(17)18)7-2-3-10-11(4-7)19-6-14-10/h2-4,6,8-9H,5H2,1H3,(H,17,18). The molecule has 2 unspecified atom stereocenters. The van der Waals surface area contributed by atoms with E-state index in [2.05, 4.69) is 4.98 Å². The monoisotopic (exact) mass is 260 g/mol. The van der Waals surface area contributed by atoms with E-state index in [1.807, 2.05) is 0 Å². The number of amides is 1. The van der Waals surface area contributed by atoms with Gasteiger partial charge in [-0.3, -0.25) is 9.59 Å². The van der Waals surface area contributed by atoms with Crippen LogP contribution in [0.1, 0.15) is 6.42 Å². The molecular formula is C13H12N2O4. The molecule has 0 saturated heterocycles. The summed E-state index contributed by atoms with van der Waals surface area (Å²) in [4.78, 5) is 28.4. The number of anilines is 1. The lowest BCUT2D eigenvalue weighted by molar-refractivity contribution is -0.139. The van der Waals surface area contributed by atoms with E-state index in [9.17, 15) is 9.59 Å². The van der Waals surface area contributed by atoms with Gasteiger partial charge in [-0.15, -0.1) is 0 Å². The highest BCUT2D eigenvalue weighted by molar-refractivity contribution is 6.00. The molecule has 1 aliphatic carbocycles. The van der Waals surface area contributed by atoms with Crippen molar-refractivity contribution in [3.63, 3.8) is 0 Å². The average molecular weight is 260 g/mol. The Morgan fingerprint density at radius 2 is 2.21 bits per heavy atom. The van der Waals surface area contributed by atoms with Gasteiger partial charge in [0.1, 0.15) is 5.52 Å². The van der Waals surface area contributed by atoms with Crippen molar-refractivity contribution in [3.05, 3.63) is 24.6 Å². The minimum Gasteiger partial charge on any atom is -0.481 e. The number of hydrogen-bond acceptors (Lipinski definition) is 4. The van der Waals surface area contributed by atoms with E-state index < -0.39 is 17.8 Å². The SMILES string of the molecule is CN(C(=O)C1CC1C(=O)O)c1ccc2ncoc2c1. The predicted molar refractivity (Wildman–Crippen MR) is 66.7 cm³/mol. The molecule has 6 nitrogen and oxygen atoms in total. The van der Waals surface area contributed by atoms with Gasteiger partial charge < -0.3 is 14.4 Å². The van der Waals surface area contributed by atoms with Crippen LogP contribution >= 0.6 is 0 Å². The highest BCUT2D eigenvalue weighted by atomic mass is 16.4. The molecule has 1 aliphatic rings. The molecule has 3 rings (SSSR count). The lowest BCUT2D eigenvalue weighted by atomic mass is 10.2. The number of carbonyl (C=O) groups excluding carboxylic acids is 1. The Morgan fingerprint density at radius 3 is 2.89 bits per heavy atom. The van der Waals surface area contributed by atoms with E-state index in [-0.39, 0.29) is 5.91 Å². The number of rotatable bonds is 3. The zero-order valence-corrected chi connectivity index (χ0v) is 10.2. The number of benzene rings is 1. The van der Waals surface area contributed by atoms with Crippen molar-refractivity contribution in [2.45, 2.75) is 6.42 Å². The molecule has 1 aromatic carbocycles. The fourth-order valence-corrected chi connectivity index (χ4v) is 2.17. The van der Waals surface area contributed by atoms with Crippen molar-refractivity contribution >= 4 is 28.7 Å². The van der Waals surface area contributed by atoms with Gasteiger partial charge in [0.25, 0.3) is 0 Å². The number of carbonyl (C=O) groups is 2. The first-order chi connectivity index (χ1) is 9.08. The first kappa shape index (κ1) is 11.7. The van der Waals surface area contributed by atoms with Crippen molar-refractivity contribution in [2.24, 2.45) is 11.8 Å². The van der Waals surface area contributed by atoms with Crippen LogP contribution in [-0.4, -0.2) is 29.0 Å². The Morgan fingerprint density at radius 1 is 1.42 bits per heavy atom. The molecule has 1 N–H and O–H groups in total. The number of carboxylic acid groups (broad SMARTS) is 1. The third-order valence-electron chi connectivity index (χ3n) is 3.46. The van der Waals surface area contributed by atoms with E-state index in [1.165, 1.54) is 11.3 Å². The topological polar surface area (TPSA) is 83.6 Å². The molecule has 98 valence electrons. The van der Waals surface area contributed by atoms with Gasteiger partial charge in [-0.05, 0) is 18.6 Å². The normalized spacial score (nSPS) is 21.3.